The van der Waals surface area contributed by atoms with E-state index < -0.39 is 0 Å². The monoisotopic (exact) mass is 369 g/mol. The van der Waals surface area contributed by atoms with Gasteiger partial charge in [0, 0.05) is 31.9 Å². The molecule has 0 saturated carbocycles. The first-order valence-corrected chi connectivity index (χ1v) is 10.1. The van der Waals surface area contributed by atoms with E-state index in [1.54, 1.807) is 0 Å². The predicted octanol–water partition coefficient (Wildman–Crippen LogP) is 6.11. The average molecular weight is 370 g/mol. The largest absolute Gasteiger partial charge is 0.378 e. The van der Waals surface area contributed by atoms with Gasteiger partial charge in [0.2, 0.25) is 0 Å². The Morgan fingerprint density at radius 3 is 1.00 bits per heavy atom. The number of hydrogen-bond donors (Lipinski definition) is 0. The van der Waals surface area contributed by atoms with Crippen LogP contribution in [0.25, 0.3) is 0 Å². The minimum atomic E-state index is 0.685. The van der Waals surface area contributed by atoms with Crippen LogP contribution in [0, 0.1) is 0 Å². The highest BCUT2D eigenvalue weighted by atomic mass is 15.1. The van der Waals surface area contributed by atoms with Crippen molar-refractivity contribution in [3.8, 4) is 0 Å². The topological polar surface area (TPSA) is 9.72 Å². The van der Waals surface area contributed by atoms with E-state index in [9.17, 15) is 0 Å². The summed E-state index contributed by atoms with van der Waals surface area (Å²) in [5, 5.41) is 0. The number of nitrogens with zero attached hydrogens (tertiary/aromatic N) is 3. The first-order chi connectivity index (χ1) is 12.0. The number of anilines is 1. The van der Waals surface area contributed by atoms with E-state index in [1.165, 1.54) is 12.1 Å². The molecule has 0 radical (unpaired) electrons. The minimum Gasteiger partial charge on any atom is -0.378 e. The number of para-hydroxylation sites is 1. The molecule has 0 fully saturated rings. The van der Waals surface area contributed by atoms with Gasteiger partial charge in [-0.25, -0.2) is 0 Å². The highest BCUT2D eigenvalue weighted by Crippen LogP contribution is 2.07. The lowest BCUT2D eigenvalue weighted by Gasteiger charge is -2.12. The maximum absolute atomic E-state index is 2.17. The lowest BCUT2D eigenvalue weighted by Crippen LogP contribution is -2.20. The molecule has 0 unspecified atom stereocenters. The summed E-state index contributed by atoms with van der Waals surface area (Å²) in [6, 6.07) is 11.6. The third-order valence-corrected chi connectivity index (χ3v) is 3.34. The molecular formula is C23H51N3. The Kier molecular flexibility index (Phi) is 30.0. The van der Waals surface area contributed by atoms with E-state index in [0.29, 0.717) is 12.1 Å². The molecule has 0 bridgehead atoms. The van der Waals surface area contributed by atoms with Gasteiger partial charge in [-0.2, -0.15) is 0 Å². The number of rotatable bonds is 3. The fourth-order valence-corrected chi connectivity index (χ4v) is 0.726. The zero-order chi connectivity index (χ0) is 21.7. The third kappa shape index (κ3) is 30.8. The average Bonchev–Trinajstić information content (AvgIpc) is 2.59. The Hall–Kier alpha value is -1.06. The minimum absolute atomic E-state index is 0.685. The first-order valence-electron chi connectivity index (χ1n) is 10.1. The normalized spacial score (nSPS) is 9.15. The zero-order valence-electron chi connectivity index (χ0n) is 20.6. The van der Waals surface area contributed by atoms with E-state index in [1.807, 2.05) is 46.1 Å². The summed E-state index contributed by atoms with van der Waals surface area (Å²) in [7, 11) is 12.4. The third-order valence-electron chi connectivity index (χ3n) is 3.34. The summed E-state index contributed by atoms with van der Waals surface area (Å²) in [4.78, 5) is 6.42. The van der Waals surface area contributed by atoms with Crippen LogP contribution in [0.3, 0.4) is 0 Å². The fourth-order valence-electron chi connectivity index (χ4n) is 0.726. The molecule has 3 heteroatoms. The molecule has 1 aromatic carbocycles. The number of hydrogen-bond acceptors (Lipinski definition) is 3. The van der Waals surface area contributed by atoms with Crippen molar-refractivity contribution in [1.29, 1.82) is 0 Å². The van der Waals surface area contributed by atoms with Crippen LogP contribution in [0.5, 0.6) is 0 Å². The molecule has 0 atom stereocenters. The predicted molar refractivity (Wildman–Crippen MR) is 126 cm³/mol. The summed E-state index contributed by atoms with van der Waals surface area (Å²) in [5.41, 5.74) is 1.25. The lowest BCUT2D eigenvalue weighted by molar-refractivity contribution is 0.335. The van der Waals surface area contributed by atoms with Gasteiger partial charge in [-0.05, 0) is 68.0 Å². The van der Waals surface area contributed by atoms with Crippen LogP contribution in [-0.2, 0) is 0 Å². The molecular weight excluding hydrogens is 318 g/mol. The van der Waals surface area contributed by atoms with E-state index in [2.05, 4.69) is 96.6 Å². The molecule has 0 aliphatic heterocycles. The summed E-state index contributed by atoms with van der Waals surface area (Å²) in [6.45, 7) is 16.9. The standard InChI is InChI=1S/C8H11N.2C5H13N.C3H8.C2H6/c1-9(2)8-6-4-3-5-7-8;2*1-5(2)6(3)4;1-3-2;1-2/h3-7H,1-2H3;2*5H,1-4H3;3H2,1-2H3;1-2H3. The van der Waals surface area contributed by atoms with Crippen LogP contribution < -0.4 is 4.90 Å². The second-order valence-electron chi connectivity index (χ2n) is 7.05. The van der Waals surface area contributed by atoms with Gasteiger partial charge in [0.15, 0.2) is 0 Å². The van der Waals surface area contributed by atoms with Crippen LogP contribution >= 0.6 is 0 Å². The van der Waals surface area contributed by atoms with Crippen molar-refractivity contribution in [3.63, 3.8) is 0 Å². The summed E-state index contributed by atoms with van der Waals surface area (Å²) in [6.07, 6.45) is 1.25. The van der Waals surface area contributed by atoms with E-state index in [4.69, 9.17) is 0 Å². The van der Waals surface area contributed by atoms with Crippen LogP contribution in [0.15, 0.2) is 30.3 Å². The van der Waals surface area contributed by atoms with Gasteiger partial charge in [-0.3, -0.25) is 0 Å². The smallest absolute Gasteiger partial charge is 0.0360 e. The van der Waals surface area contributed by atoms with E-state index in [-0.39, 0.29) is 0 Å². The van der Waals surface area contributed by atoms with Crippen molar-refractivity contribution in [1.82, 2.24) is 9.80 Å². The maximum atomic E-state index is 2.17. The highest BCUT2D eigenvalue weighted by molar-refractivity contribution is 5.43. The van der Waals surface area contributed by atoms with Gasteiger partial charge < -0.3 is 14.7 Å². The van der Waals surface area contributed by atoms with Crippen LogP contribution in [0.2, 0.25) is 0 Å². The Morgan fingerprint density at radius 2 is 0.885 bits per heavy atom. The Balaban J connectivity index is -0.000000127. The van der Waals surface area contributed by atoms with Gasteiger partial charge in [0.1, 0.15) is 0 Å². The second-order valence-corrected chi connectivity index (χ2v) is 7.05. The molecule has 0 amide bonds. The van der Waals surface area contributed by atoms with Gasteiger partial charge >= 0.3 is 0 Å². The van der Waals surface area contributed by atoms with Crippen molar-refractivity contribution in [2.45, 2.75) is 73.9 Å². The molecule has 0 spiro atoms. The Bertz CT molecular complexity index is 307. The quantitative estimate of drug-likeness (QED) is 0.636. The van der Waals surface area contributed by atoms with Crippen molar-refractivity contribution in [3.05, 3.63) is 30.3 Å². The molecule has 0 N–H and O–H groups in total. The van der Waals surface area contributed by atoms with Crippen LogP contribution in [0.4, 0.5) is 5.69 Å². The molecule has 1 rings (SSSR count). The molecule has 0 saturated heterocycles. The van der Waals surface area contributed by atoms with E-state index >= 15 is 0 Å². The molecule has 3 nitrogen and oxygen atoms in total. The maximum Gasteiger partial charge on any atom is 0.0360 e. The van der Waals surface area contributed by atoms with Crippen LogP contribution in [0.1, 0.15) is 61.8 Å². The lowest BCUT2D eigenvalue weighted by atomic mass is 10.3. The molecule has 0 aromatic heterocycles. The fraction of sp³-hybridized carbons (Fsp3) is 0.739. The molecule has 0 heterocycles. The van der Waals surface area contributed by atoms with E-state index in [0.717, 1.165) is 0 Å². The van der Waals surface area contributed by atoms with Gasteiger partial charge in [-0.1, -0.05) is 52.3 Å². The summed E-state index contributed by atoms with van der Waals surface area (Å²) in [5.74, 6) is 0. The first kappa shape index (κ1) is 32.6. The van der Waals surface area contributed by atoms with Gasteiger partial charge in [-0.15, -0.1) is 0 Å². The Morgan fingerprint density at radius 1 is 0.654 bits per heavy atom. The molecule has 0 aliphatic rings. The van der Waals surface area contributed by atoms with Crippen LogP contribution in [-0.4, -0.2) is 64.2 Å². The molecule has 158 valence electrons. The SMILES string of the molecule is CC.CC(C)N(C)C.CC(C)N(C)C.CCC.CN(C)c1ccccc1. The highest BCUT2D eigenvalue weighted by Gasteiger charge is 1.91. The van der Waals surface area contributed by atoms with Crippen molar-refractivity contribution in [2.75, 3.05) is 47.2 Å². The van der Waals surface area contributed by atoms with Crippen molar-refractivity contribution in [2.24, 2.45) is 0 Å². The molecule has 1 aromatic rings. The molecule has 26 heavy (non-hydrogen) atoms. The second kappa shape index (κ2) is 23.9. The Labute approximate surface area is 167 Å². The number of benzene rings is 1. The zero-order valence-corrected chi connectivity index (χ0v) is 20.6. The molecule has 0 aliphatic carbocycles. The van der Waals surface area contributed by atoms with Crippen molar-refractivity contribution >= 4 is 5.69 Å². The van der Waals surface area contributed by atoms with Crippen molar-refractivity contribution < 1.29 is 0 Å². The summed E-state index contributed by atoms with van der Waals surface area (Å²) < 4.78 is 0. The summed E-state index contributed by atoms with van der Waals surface area (Å²) >= 11 is 0. The van der Waals surface area contributed by atoms with Gasteiger partial charge in [0.25, 0.3) is 0 Å². The van der Waals surface area contributed by atoms with Gasteiger partial charge in [0.05, 0.1) is 0 Å².